The van der Waals surface area contributed by atoms with Crippen molar-refractivity contribution in [3.63, 3.8) is 0 Å². The van der Waals surface area contributed by atoms with Gasteiger partial charge in [0.05, 0.1) is 16.9 Å². The molecule has 84 valence electrons. The Labute approximate surface area is 101 Å². The number of hydrogen-bond acceptors (Lipinski definition) is 5. The average Bonchev–Trinajstić information content (AvgIpc) is 2.71. The van der Waals surface area contributed by atoms with E-state index in [1.807, 2.05) is 18.2 Å². The number of nitrogens with zero attached hydrogens (tertiary/aromatic N) is 5. The van der Waals surface area contributed by atoms with Crippen LogP contribution >= 0.6 is 11.6 Å². The maximum atomic E-state index is 6.08. The first-order chi connectivity index (χ1) is 8.25. The zero-order valence-electron chi connectivity index (χ0n) is 8.58. The molecule has 0 aliphatic rings. The van der Waals surface area contributed by atoms with Gasteiger partial charge in [-0.1, -0.05) is 29.8 Å². The van der Waals surface area contributed by atoms with Crippen molar-refractivity contribution in [3.05, 3.63) is 35.5 Å². The van der Waals surface area contributed by atoms with E-state index < -0.39 is 0 Å². The van der Waals surface area contributed by atoms with Gasteiger partial charge in [0.1, 0.15) is 0 Å². The lowest BCUT2D eigenvalue weighted by Crippen LogP contribution is -2.00. The van der Waals surface area contributed by atoms with Crippen LogP contribution in [-0.4, -0.2) is 24.8 Å². The molecule has 0 saturated carbocycles. The third-order valence-corrected chi connectivity index (χ3v) is 2.64. The molecular weight excluding hydrogens is 240 g/mol. The van der Waals surface area contributed by atoms with Gasteiger partial charge in [0.2, 0.25) is 5.95 Å². The first-order valence-corrected chi connectivity index (χ1v) is 5.22. The smallest absolute Gasteiger partial charge is 0.274 e. The SMILES string of the molecule is Nc1nnc2nc(-c3ccccc3Cl)cnn12. The highest BCUT2D eigenvalue weighted by Crippen LogP contribution is 2.25. The zero-order valence-corrected chi connectivity index (χ0v) is 9.33. The van der Waals surface area contributed by atoms with Gasteiger partial charge in [0.15, 0.2) is 0 Å². The molecular formula is C10H7ClN6. The highest BCUT2D eigenvalue weighted by atomic mass is 35.5. The molecule has 0 atom stereocenters. The second-order valence-electron chi connectivity index (χ2n) is 3.39. The molecule has 0 saturated heterocycles. The number of halogens is 1. The number of nitrogens with two attached hydrogens (primary N) is 1. The Balaban J connectivity index is 2.22. The van der Waals surface area contributed by atoms with Crippen LogP contribution in [-0.2, 0) is 0 Å². The summed E-state index contributed by atoms with van der Waals surface area (Å²) in [5, 5.41) is 12.2. The summed E-state index contributed by atoms with van der Waals surface area (Å²) in [5.41, 5.74) is 6.99. The molecule has 6 nitrogen and oxygen atoms in total. The van der Waals surface area contributed by atoms with Gasteiger partial charge in [-0.3, -0.25) is 0 Å². The highest BCUT2D eigenvalue weighted by Gasteiger charge is 2.08. The van der Waals surface area contributed by atoms with E-state index in [1.54, 1.807) is 12.3 Å². The normalized spacial score (nSPS) is 10.9. The minimum Gasteiger partial charge on any atom is -0.366 e. The van der Waals surface area contributed by atoms with Crippen molar-refractivity contribution >= 4 is 23.3 Å². The van der Waals surface area contributed by atoms with E-state index in [9.17, 15) is 0 Å². The molecule has 7 heteroatoms. The van der Waals surface area contributed by atoms with Crippen LogP contribution in [0.25, 0.3) is 17.0 Å². The molecule has 0 bridgehead atoms. The summed E-state index contributed by atoms with van der Waals surface area (Å²) in [4.78, 5) is 4.29. The number of aromatic nitrogens is 5. The molecule has 2 heterocycles. The topological polar surface area (TPSA) is 82.0 Å². The molecule has 2 N–H and O–H groups in total. The summed E-state index contributed by atoms with van der Waals surface area (Å²) in [7, 11) is 0. The molecule has 0 spiro atoms. The molecule has 0 amide bonds. The fraction of sp³-hybridized carbons (Fsp3) is 0. The van der Waals surface area contributed by atoms with Gasteiger partial charge in [-0.25, -0.2) is 4.98 Å². The number of fused-ring (bicyclic) bond motifs is 1. The van der Waals surface area contributed by atoms with Gasteiger partial charge in [-0.15, -0.1) is 10.2 Å². The molecule has 2 aromatic heterocycles. The Morgan fingerprint density at radius 3 is 2.82 bits per heavy atom. The van der Waals surface area contributed by atoms with Crippen molar-refractivity contribution in [2.24, 2.45) is 0 Å². The van der Waals surface area contributed by atoms with Crippen molar-refractivity contribution in [1.29, 1.82) is 0 Å². The minimum atomic E-state index is 0.207. The number of anilines is 1. The summed E-state index contributed by atoms with van der Waals surface area (Å²) >= 11 is 6.08. The van der Waals surface area contributed by atoms with Gasteiger partial charge in [-0.2, -0.15) is 9.61 Å². The lowest BCUT2D eigenvalue weighted by Gasteiger charge is -2.02. The first-order valence-electron chi connectivity index (χ1n) is 4.84. The van der Waals surface area contributed by atoms with Crippen LogP contribution < -0.4 is 5.73 Å². The van der Waals surface area contributed by atoms with Crippen molar-refractivity contribution in [1.82, 2.24) is 24.8 Å². The van der Waals surface area contributed by atoms with Crippen LogP contribution in [0.3, 0.4) is 0 Å². The second-order valence-corrected chi connectivity index (χ2v) is 3.80. The average molecular weight is 247 g/mol. The Hall–Kier alpha value is -2.21. The molecule has 1 aromatic carbocycles. The first kappa shape index (κ1) is 9.98. The highest BCUT2D eigenvalue weighted by molar-refractivity contribution is 6.33. The van der Waals surface area contributed by atoms with E-state index in [0.29, 0.717) is 16.5 Å². The number of nitrogen functional groups attached to an aromatic ring is 1. The molecule has 3 rings (SSSR count). The van der Waals surface area contributed by atoms with Gasteiger partial charge in [0, 0.05) is 5.56 Å². The van der Waals surface area contributed by atoms with Crippen LogP contribution in [0.2, 0.25) is 5.02 Å². The van der Waals surface area contributed by atoms with Crippen LogP contribution in [0.4, 0.5) is 5.95 Å². The number of hydrogen-bond donors (Lipinski definition) is 1. The van der Waals surface area contributed by atoms with Crippen molar-refractivity contribution in [2.45, 2.75) is 0 Å². The lowest BCUT2D eigenvalue weighted by atomic mass is 10.2. The summed E-state index contributed by atoms with van der Waals surface area (Å²) < 4.78 is 1.36. The standard InChI is InChI=1S/C10H7ClN6/c11-7-4-2-1-3-6(7)8-5-13-17-9(12)15-16-10(17)14-8/h1-5H,(H2,12,15). The zero-order chi connectivity index (χ0) is 11.8. The molecule has 0 unspecified atom stereocenters. The van der Waals surface area contributed by atoms with Crippen molar-refractivity contribution in [3.8, 4) is 11.3 Å². The van der Waals surface area contributed by atoms with Gasteiger partial charge in [0.25, 0.3) is 5.78 Å². The fourth-order valence-corrected chi connectivity index (χ4v) is 1.74. The largest absolute Gasteiger partial charge is 0.366 e. The molecule has 17 heavy (non-hydrogen) atoms. The summed E-state index contributed by atoms with van der Waals surface area (Å²) in [5.74, 6) is 0.554. The van der Waals surface area contributed by atoms with Gasteiger partial charge >= 0.3 is 0 Å². The molecule has 0 aliphatic heterocycles. The van der Waals surface area contributed by atoms with Crippen LogP contribution in [0.15, 0.2) is 30.5 Å². The quantitative estimate of drug-likeness (QED) is 0.702. The molecule has 0 fully saturated rings. The van der Waals surface area contributed by atoms with Crippen molar-refractivity contribution < 1.29 is 0 Å². The molecule has 0 radical (unpaired) electrons. The summed E-state index contributed by atoms with van der Waals surface area (Å²) in [6.07, 6.45) is 1.58. The number of benzene rings is 1. The Bertz CT molecular complexity index is 692. The summed E-state index contributed by atoms with van der Waals surface area (Å²) in [6.45, 7) is 0. The third-order valence-electron chi connectivity index (χ3n) is 2.31. The van der Waals surface area contributed by atoms with E-state index in [0.717, 1.165) is 5.56 Å². The lowest BCUT2D eigenvalue weighted by molar-refractivity contribution is 0.913. The maximum absolute atomic E-state index is 6.08. The van der Waals surface area contributed by atoms with Crippen LogP contribution in [0, 0.1) is 0 Å². The van der Waals surface area contributed by atoms with Gasteiger partial charge < -0.3 is 5.73 Å². The van der Waals surface area contributed by atoms with E-state index in [-0.39, 0.29) is 5.95 Å². The monoisotopic (exact) mass is 246 g/mol. The van der Waals surface area contributed by atoms with Crippen molar-refractivity contribution in [2.75, 3.05) is 5.73 Å². The maximum Gasteiger partial charge on any atom is 0.274 e. The fourth-order valence-electron chi connectivity index (χ4n) is 1.51. The van der Waals surface area contributed by atoms with Gasteiger partial charge in [-0.05, 0) is 6.07 Å². The minimum absolute atomic E-state index is 0.207. The molecule has 0 aliphatic carbocycles. The third kappa shape index (κ3) is 1.58. The van der Waals surface area contributed by atoms with E-state index >= 15 is 0 Å². The Morgan fingerprint density at radius 2 is 2.00 bits per heavy atom. The van der Waals surface area contributed by atoms with E-state index in [1.165, 1.54) is 4.52 Å². The number of rotatable bonds is 1. The molecule has 3 aromatic rings. The van der Waals surface area contributed by atoms with E-state index in [2.05, 4.69) is 20.3 Å². The predicted octanol–water partition coefficient (Wildman–Crippen LogP) is 1.42. The predicted molar refractivity (Wildman–Crippen MR) is 63.4 cm³/mol. The Morgan fingerprint density at radius 1 is 1.18 bits per heavy atom. The van der Waals surface area contributed by atoms with E-state index in [4.69, 9.17) is 17.3 Å². The second kappa shape index (κ2) is 3.67. The van der Waals surface area contributed by atoms with Crippen LogP contribution in [0.1, 0.15) is 0 Å². The Kier molecular flexibility index (Phi) is 2.15. The van der Waals surface area contributed by atoms with Crippen LogP contribution in [0.5, 0.6) is 0 Å². The summed E-state index contributed by atoms with van der Waals surface area (Å²) in [6, 6.07) is 7.39.